The van der Waals surface area contributed by atoms with Crippen LogP contribution in [0, 0.1) is 20.8 Å². The minimum absolute atomic E-state index is 0.171. The molecule has 3 heterocycles. The van der Waals surface area contributed by atoms with Crippen molar-refractivity contribution >= 4 is 5.69 Å². The Morgan fingerprint density at radius 3 is 2.30 bits per heavy atom. The monoisotopic (exact) mass is 431 g/mol. The summed E-state index contributed by atoms with van der Waals surface area (Å²) in [7, 11) is 0. The molecule has 5 nitrogen and oxygen atoms in total. The highest BCUT2D eigenvalue weighted by Crippen LogP contribution is 2.42. The van der Waals surface area contributed by atoms with E-state index in [1.54, 1.807) is 0 Å². The first-order chi connectivity index (χ1) is 16.1. The first-order valence-electron chi connectivity index (χ1n) is 11.2. The van der Waals surface area contributed by atoms with Crippen molar-refractivity contribution in [3.63, 3.8) is 0 Å². The fourth-order valence-corrected chi connectivity index (χ4v) is 4.80. The van der Waals surface area contributed by atoms with Gasteiger partial charge >= 0.3 is 0 Å². The number of nitrogens with zero attached hydrogens (tertiary/aromatic N) is 4. The van der Waals surface area contributed by atoms with Crippen molar-refractivity contribution in [3.05, 3.63) is 107 Å². The summed E-state index contributed by atoms with van der Waals surface area (Å²) in [4.78, 5) is 0. The van der Waals surface area contributed by atoms with Gasteiger partial charge < -0.3 is 5.32 Å². The van der Waals surface area contributed by atoms with E-state index in [0.29, 0.717) is 0 Å². The molecule has 0 saturated heterocycles. The molecule has 6 rings (SSSR count). The fraction of sp³-hybridized carbons (Fsp3) is 0.143. The largest absolute Gasteiger partial charge is 0.359 e. The van der Waals surface area contributed by atoms with Crippen molar-refractivity contribution in [2.75, 3.05) is 5.32 Å². The van der Waals surface area contributed by atoms with Crippen LogP contribution in [0.1, 0.15) is 28.6 Å². The van der Waals surface area contributed by atoms with Crippen LogP contribution in [0.15, 0.2) is 85.1 Å². The third-order valence-corrected chi connectivity index (χ3v) is 6.24. The predicted octanol–water partition coefficient (Wildman–Crippen LogP) is 6.30. The molecule has 0 bridgehead atoms. The van der Waals surface area contributed by atoms with Gasteiger partial charge in [-0.05, 0) is 50.6 Å². The molecular formula is C28H25N5. The number of rotatable bonds is 3. The second-order valence-electron chi connectivity index (χ2n) is 8.75. The summed E-state index contributed by atoms with van der Waals surface area (Å²) in [5.74, 6) is 0. The Labute approximate surface area is 193 Å². The van der Waals surface area contributed by atoms with E-state index < -0.39 is 0 Å². The van der Waals surface area contributed by atoms with E-state index in [9.17, 15) is 0 Å². The van der Waals surface area contributed by atoms with Gasteiger partial charge in [0.05, 0.1) is 22.8 Å². The normalized spacial score (nSPS) is 14.5. The number of hydrogen-bond donors (Lipinski definition) is 1. The van der Waals surface area contributed by atoms with Crippen molar-refractivity contribution in [3.8, 4) is 28.2 Å². The van der Waals surface area contributed by atoms with Gasteiger partial charge in [-0.2, -0.15) is 10.2 Å². The standard InChI is InChI=1S/C28H25N5/c1-18-14-19(2)26-23(15-18)25-16-20(3)30-33(25)28(29-26)24-17-32(22-12-8-5-9-13-22)31-27(24)21-10-6-4-7-11-21/h4-17,28-29H,1-3H3. The molecule has 3 aromatic carbocycles. The lowest BCUT2D eigenvalue weighted by atomic mass is 9.97. The number of para-hydroxylation sites is 1. The van der Waals surface area contributed by atoms with Crippen LogP contribution >= 0.6 is 0 Å². The van der Waals surface area contributed by atoms with Crippen LogP contribution in [0.2, 0.25) is 0 Å². The van der Waals surface area contributed by atoms with Gasteiger partial charge in [-0.1, -0.05) is 60.2 Å². The molecule has 0 saturated carbocycles. The quantitative estimate of drug-likeness (QED) is 0.365. The number of benzene rings is 3. The third-order valence-electron chi connectivity index (χ3n) is 6.24. The van der Waals surface area contributed by atoms with Gasteiger partial charge in [0.2, 0.25) is 0 Å². The van der Waals surface area contributed by atoms with Crippen LogP contribution < -0.4 is 5.32 Å². The Bertz CT molecular complexity index is 1460. The molecule has 2 aromatic heterocycles. The van der Waals surface area contributed by atoms with Gasteiger partial charge in [-0.3, -0.25) is 0 Å². The van der Waals surface area contributed by atoms with Crippen molar-refractivity contribution in [1.29, 1.82) is 0 Å². The number of aromatic nitrogens is 4. The van der Waals surface area contributed by atoms with Crippen LogP contribution in [0.25, 0.3) is 28.2 Å². The number of anilines is 1. The highest BCUT2D eigenvalue weighted by Gasteiger charge is 2.31. The maximum Gasteiger partial charge on any atom is 0.151 e. The SMILES string of the molecule is Cc1cc(C)c2c(c1)-c1cc(C)nn1C(c1cn(-c3ccccc3)nc1-c1ccccc1)N2. The minimum Gasteiger partial charge on any atom is -0.359 e. The van der Waals surface area contributed by atoms with Crippen molar-refractivity contribution in [2.24, 2.45) is 0 Å². The number of hydrogen-bond acceptors (Lipinski definition) is 3. The number of aryl methyl sites for hydroxylation is 3. The van der Waals surface area contributed by atoms with Gasteiger partial charge in [0.1, 0.15) is 0 Å². The van der Waals surface area contributed by atoms with E-state index in [1.165, 1.54) is 16.7 Å². The van der Waals surface area contributed by atoms with Gasteiger partial charge in [-0.25, -0.2) is 9.36 Å². The summed E-state index contributed by atoms with van der Waals surface area (Å²) in [5, 5.41) is 13.7. The molecule has 33 heavy (non-hydrogen) atoms. The molecule has 1 aliphatic rings. The topological polar surface area (TPSA) is 47.7 Å². The van der Waals surface area contributed by atoms with Crippen LogP contribution in [0.3, 0.4) is 0 Å². The fourth-order valence-electron chi connectivity index (χ4n) is 4.80. The van der Waals surface area contributed by atoms with Gasteiger partial charge in [0.25, 0.3) is 0 Å². The molecule has 162 valence electrons. The lowest BCUT2D eigenvalue weighted by Crippen LogP contribution is -2.26. The Morgan fingerprint density at radius 2 is 1.55 bits per heavy atom. The molecular weight excluding hydrogens is 406 g/mol. The average Bonchev–Trinajstić information content (AvgIpc) is 3.44. The zero-order valence-electron chi connectivity index (χ0n) is 18.9. The van der Waals surface area contributed by atoms with Crippen LogP contribution in [-0.4, -0.2) is 19.6 Å². The maximum atomic E-state index is 5.03. The van der Waals surface area contributed by atoms with E-state index in [-0.39, 0.29) is 6.17 Å². The predicted molar refractivity (Wildman–Crippen MR) is 133 cm³/mol. The van der Waals surface area contributed by atoms with E-state index >= 15 is 0 Å². The molecule has 0 radical (unpaired) electrons. The Morgan fingerprint density at radius 1 is 0.818 bits per heavy atom. The smallest absolute Gasteiger partial charge is 0.151 e. The molecule has 1 aliphatic heterocycles. The minimum atomic E-state index is -0.171. The second-order valence-corrected chi connectivity index (χ2v) is 8.75. The molecule has 5 heteroatoms. The van der Waals surface area contributed by atoms with Crippen molar-refractivity contribution in [1.82, 2.24) is 19.6 Å². The maximum absolute atomic E-state index is 5.03. The summed E-state index contributed by atoms with van der Waals surface area (Å²) in [6.07, 6.45) is 1.96. The van der Waals surface area contributed by atoms with Gasteiger partial charge in [-0.15, -0.1) is 0 Å². The summed E-state index contributed by atoms with van der Waals surface area (Å²) in [5.41, 5.74) is 11.1. The summed E-state index contributed by atoms with van der Waals surface area (Å²) in [6, 6.07) is 27.3. The van der Waals surface area contributed by atoms with Crippen molar-refractivity contribution < 1.29 is 0 Å². The van der Waals surface area contributed by atoms with E-state index in [0.717, 1.165) is 39.6 Å². The first-order valence-corrected chi connectivity index (χ1v) is 11.2. The average molecular weight is 432 g/mol. The highest BCUT2D eigenvalue weighted by molar-refractivity contribution is 5.82. The Kier molecular flexibility index (Phi) is 4.44. The highest BCUT2D eigenvalue weighted by atomic mass is 15.4. The zero-order chi connectivity index (χ0) is 22.5. The number of fused-ring (bicyclic) bond motifs is 3. The lowest BCUT2D eigenvalue weighted by molar-refractivity contribution is 0.571. The molecule has 0 amide bonds. The van der Waals surface area contributed by atoms with E-state index in [4.69, 9.17) is 10.2 Å². The summed E-state index contributed by atoms with van der Waals surface area (Å²) < 4.78 is 4.07. The van der Waals surface area contributed by atoms with E-state index in [1.807, 2.05) is 28.9 Å². The molecule has 0 spiro atoms. The van der Waals surface area contributed by atoms with Crippen molar-refractivity contribution in [2.45, 2.75) is 26.9 Å². The summed E-state index contributed by atoms with van der Waals surface area (Å²) in [6.45, 7) is 6.36. The van der Waals surface area contributed by atoms with Gasteiger partial charge in [0, 0.05) is 28.6 Å². The molecule has 1 unspecified atom stereocenters. The van der Waals surface area contributed by atoms with E-state index in [2.05, 4.69) is 91.6 Å². The number of nitrogens with one attached hydrogen (secondary N) is 1. The second kappa shape index (κ2) is 7.48. The first kappa shape index (κ1) is 19.6. The van der Waals surface area contributed by atoms with Crippen LogP contribution in [0.5, 0.6) is 0 Å². The van der Waals surface area contributed by atoms with Crippen LogP contribution in [-0.2, 0) is 0 Å². The molecule has 0 fully saturated rings. The Balaban J connectivity index is 1.58. The lowest BCUT2D eigenvalue weighted by Gasteiger charge is -2.30. The van der Waals surface area contributed by atoms with Crippen LogP contribution in [0.4, 0.5) is 5.69 Å². The summed E-state index contributed by atoms with van der Waals surface area (Å²) >= 11 is 0. The molecule has 5 aromatic rings. The Hall–Kier alpha value is -4.12. The third kappa shape index (κ3) is 3.24. The van der Waals surface area contributed by atoms with Gasteiger partial charge in [0.15, 0.2) is 6.17 Å². The zero-order valence-corrected chi connectivity index (χ0v) is 18.9. The molecule has 0 aliphatic carbocycles. The molecule has 1 atom stereocenters. The molecule has 1 N–H and O–H groups in total.